The first-order chi connectivity index (χ1) is 7.79. The van der Waals surface area contributed by atoms with E-state index >= 15 is 0 Å². The van der Waals surface area contributed by atoms with Gasteiger partial charge in [-0.05, 0) is 12.8 Å². The summed E-state index contributed by atoms with van der Waals surface area (Å²) in [6, 6.07) is 0. The molecule has 1 aromatic rings. The molecule has 0 saturated heterocycles. The molecule has 5 nitrogen and oxygen atoms in total. The van der Waals surface area contributed by atoms with Crippen LogP contribution in [-0.4, -0.2) is 33.9 Å². The molecule has 16 heavy (non-hydrogen) atoms. The largest absolute Gasteiger partial charge is 0.389 e. The van der Waals surface area contributed by atoms with Crippen LogP contribution in [0.25, 0.3) is 0 Å². The Bertz CT molecular complexity index is 294. The summed E-state index contributed by atoms with van der Waals surface area (Å²) in [5.41, 5.74) is -0.491. The number of aliphatic hydroxyl groups is 1. The molecule has 1 fully saturated rings. The molecule has 1 heterocycles. The third-order valence-corrected chi connectivity index (χ3v) is 3.17. The van der Waals surface area contributed by atoms with E-state index in [-0.39, 0.29) is 0 Å². The molecule has 0 unspecified atom stereocenters. The zero-order valence-corrected chi connectivity index (χ0v) is 9.48. The molecule has 0 aliphatic heterocycles. The van der Waals surface area contributed by atoms with Crippen LogP contribution in [0.15, 0.2) is 10.9 Å². The molecule has 0 spiro atoms. The van der Waals surface area contributed by atoms with Gasteiger partial charge in [0.05, 0.1) is 5.60 Å². The third kappa shape index (κ3) is 3.28. The van der Waals surface area contributed by atoms with E-state index in [1.807, 2.05) is 0 Å². The molecule has 0 aromatic carbocycles. The van der Waals surface area contributed by atoms with Crippen LogP contribution >= 0.6 is 0 Å². The van der Waals surface area contributed by atoms with Gasteiger partial charge in [0.25, 0.3) is 0 Å². The van der Waals surface area contributed by atoms with E-state index in [4.69, 9.17) is 0 Å². The van der Waals surface area contributed by atoms with Crippen LogP contribution in [0, 0.1) is 0 Å². The first kappa shape index (κ1) is 11.5. The van der Waals surface area contributed by atoms with Crippen LogP contribution in [0.2, 0.25) is 0 Å². The molecular weight excluding hydrogens is 206 g/mol. The summed E-state index contributed by atoms with van der Waals surface area (Å²) in [6.45, 7) is 1.45. The van der Waals surface area contributed by atoms with Gasteiger partial charge in [0.15, 0.2) is 5.82 Å². The van der Waals surface area contributed by atoms with Gasteiger partial charge in [0.2, 0.25) is 6.39 Å². The molecule has 90 valence electrons. The Labute approximate surface area is 95.2 Å². The van der Waals surface area contributed by atoms with E-state index in [0.29, 0.717) is 12.4 Å². The van der Waals surface area contributed by atoms with Gasteiger partial charge in [-0.2, -0.15) is 4.98 Å². The van der Waals surface area contributed by atoms with Crippen LogP contribution in [-0.2, 0) is 6.42 Å². The van der Waals surface area contributed by atoms with E-state index < -0.39 is 5.60 Å². The third-order valence-electron chi connectivity index (χ3n) is 3.17. The lowest BCUT2D eigenvalue weighted by atomic mass is 9.85. The SMILES string of the molecule is OC1(CNCCc2ncon2)CCCCC1. The monoisotopic (exact) mass is 225 g/mol. The number of nitrogens with zero attached hydrogens (tertiary/aromatic N) is 2. The van der Waals surface area contributed by atoms with Crippen molar-refractivity contribution in [3.8, 4) is 0 Å². The van der Waals surface area contributed by atoms with Crippen molar-refractivity contribution in [3.63, 3.8) is 0 Å². The molecule has 2 N–H and O–H groups in total. The van der Waals surface area contributed by atoms with E-state index in [1.165, 1.54) is 12.8 Å². The summed E-state index contributed by atoms with van der Waals surface area (Å²) in [5.74, 6) is 0.711. The second kappa shape index (κ2) is 5.41. The van der Waals surface area contributed by atoms with Crippen molar-refractivity contribution in [2.45, 2.75) is 44.1 Å². The molecular formula is C11H19N3O2. The van der Waals surface area contributed by atoms with Gasteiger partial charge < -0.3 is 14.9 Å². The Balaban J connectivity index is 1.63. The van der Waals surface area contributed by atoms with Crippen LogP contribution in [0.1, 0.15) is 37.9 Å². The van der Waals surface area contributed by atoms with Crippen molar-refractivity contribution in [1.82, 2.24) is 15.5 Å². The lowest BCUT2D eigenvalue weighted by Gasteiger charge is -2.32. The average molecular weight is 225 g/mol. The molecule has 1 aromatic heterocycles. The topological polar surface area (TPSA) is 71.2 Å². The maximum Gasteiger partial charge on any atom is 0.213 e. The van der Waals surface area contributed by atoms with Crippen molar-refractivity contribution >= 4 is 0 Å². The van der Waals surface area contributed by atoms with Gasteiger partial charge in [0.1, 0.15) is 0 Å². The van der Waals surface area contributed by atoms with Gasteiger partial charge >= 0.3 is 0 Å². The fourth-order valence-corrected chi connectivity index (χ4v) is 2.21. The number of rotatable bonds is 5. The lowest BCUT2D eigenvalue weighted by molar-refractivity contribution is 0.00514. The second-order valence-electron chi connectivity index (χ2n) is 4.56. The summed E-state index contributed by atoms with van der Waals surface area (Å²) in [4.78, 5) is 3.94. The minimum atomic E-state index is -0.491. The van der Waals surface area contributed by atoms with Gasteiger partial charge in [-0.3, -0.25) is 0 Å². The summed E-state index contributed by atoms with van der Waals surface area (Å²) in [6.07, 6.45) is 7.46. The van der Waals surface area contributed by atoms with Crippen molar-refractivity contribution in [2.24, 2.45) is 0 Å². The average Bonchev–Trinajstić information content (AvgIpc) is 2.78. The van der Waals surface area contributed by atoms with Crippen LogP contribution in [0.3, 0.4) is 0 Å². The molecule has 1 saturated carbocycles. The Morgan fingerprint density at radius 3 is 2.88 bits per heavy atom. The van der Waals surface area contributed by atoms with Crippen molar-refractivity contribution < 1.29 is 9.63 Å². The molecule has 0 radical (unpaired) electrons. The number of nitrogens with one attached hydrogen (secondary N) is 1. The van der Waals surface area contributed by atoms with Gasteiger partial charge in [-0.1, -0.05) is 24.4 Å². The molecule has 5 heteroatoms. The standard InChI is InChI=1S/C11H19N3O2/c15-11(5-2-1-3-6-11)8-12-7-4-10-13-9-16-14-10/h9,12,15H,1-8H2. The lowest BCUT2D eigenvalue weighted by Crippen LogP contribution is -2.42. The Hall–Kier alpha value is -0.940. The van der Waals surface area contributed by atoms with Crippen LogP contribution in [0.4, 0.5) is 0 Å². The predicted octanol–water partition coefficient (Wildman–Crippen LogP) is 0.897. The van der Waals surface area contributed by atoms with E-state index in [1.54, 1.807) is 0 Å². The maximum atomic E-state index is 10.2. The highest BCUT2D eigenvalue weighted by Crippen LogP contribution is 2.27. The first-order valence-electron chi connectivity index (χ1n) is 5.97. The van der Waals surface area contributed by atoms with Crippen LogP contribution < -0.4 is 5.32 Å². The number of hydrogen-bond acceptors (Lipinski definition) is 5. The molecule has 0 amide bonds. The number of aromatic nitrogens is 2. The van der Waals surface area contributed by atoms with E-state index in [0.717, 1.165) is 38.6 Å². The second-order valence-corrected chi connectivity index (χ2v) is 4.56. The zero-order valence-electron chi connectivity index (χ0n) is 9.48. The van der Waals surface area contributed by atoms with E-state index in [9.17, 15) is 5.11 Å². The Morgan fingerprint density at radius 1 is 1.38 bits per heavy atom. The van der Waals surface area contributed by atoms with Crippen molar-refractivity contribution in [3.05, 3.63) is 12.2 Å². The Kier molecular flexibility index (Phi) is 3.90. The Morgan fingerprint density at radius 2 is 2.19 bits per heavy atom. The van der Waals surface area contributed by atoms with Gasteiger partial charge in [-0.15, -0.1) is 0 Å². The molecule has 1 aliphatic carbocycles. The quantitative estimate of drug-likeness (QED) is 0.728. The summed E-state index contributed by atoms with van der Waals surface area (Å²) >= 11 is 0. The normalized spacial score (nSPS) is 19.8. The number of hydrogen-bond donors (Lipinski definition) is 2. The fourth-order valence-electron chi connectivity index (χ4n) is 2.21. The van der Waals surface area contributed by atoms with Crippen molar-refractivity contribution in [2.75, 3.05) is 13.1 Å². The highest BCUT2D eigenvalue weighted by atomic mass is 16.5. The molecule has 2 rings (SSSR count). The van der Waals surface area contributed by atoms with Gasteiger partial charge in [-0.25, -0.2) is 0 Å². The maximum absolute atomic E-state index is 10.2. The van der Waals surface area contributed by atoms with Crippen molar-refractivity contribution in [1.29, 1.82) is 0 Å². The fraction of sp³-hybridized carbons (Fsp3) is 0.818. The summed E-state index contributed by atoms with van der Waals surface area (Å²) in [7, 11) is 0. The highest BCUT2D eigenvalue weighted by molar-refractivity contribution is 4.85. The van der Waals surface area contributed by atoms with Gasteiger partial charge in [0, 0.05) is 19.5 Å². The minimum absolute atomic E-state index is 0.491. The zero-order chi connectivity index (χ0) is 11.3. The summed E-state index contributed by atoms with van der Waals surface area (Å²) < 4.78 is 4.64. The highest BCUT2D eigenvalue weighted by Gasteiger charge is 2.28. The first-order valence-corrected chi connectivity index (χ1v) is 5.97. The van der Waals surface area contributed by atoms with Crippen LogP contribution in [0.5, 0.6) is 0 Å². The molecule has 1 aliphatic rings. The molecule has 0 atom stereocenters. The minimum Gasteiger partial charge on any atom is -0.389 e. The predicted molar refractivity (Wildman–Crippen MR) is 58.9 cm³/mol. The van der Waals surface area contributed by atoms with E-state index in [2.05, 4.69) is 20.0 Å². The summed E-state index contributed by atoms with van der Waals surface area (Å²) in [5, 5.41) is 17.2. The smallest absolute Gasteiger partial charge is 0.213 e. The molecule has 0 bridgehead atoms.